The van der Waals surface area contributed by atoms with Crippen LogP contribution in [0.1, 0.15) is 21.4 Å². The van der Waals surface area contributed by atoms with Crippen molar-refractivity contribution in [1.82, 2.24) is 5.43 Å². The van der Waals surface area contributed by atoms with Crippen molar-refractivity contribution in [2.75, 3.05) is 0 Å². The largest absolute Gasteiger partial charge is 0.271 e. The average molecular weight is 250 g/mol. The molecule has 90 valence electrons. The fourth-order valence-electron chi connectivity index (χ4n) is 1.77. The maximum atomic E-state index is 13.5. The van der Waals surface area contributed by atoms with Gasteiger partial charge in [0.05, 0.1) is 6.04 Å². The van der Waals surface area contributed by atoms with E-state index in [0.717, 1.165) is 4.88 Å². The normalized spacial score (nSPS) is 12.6. The van der Waals surface area contributed by atoms with Gasteiger partial charge in [-0.25, -0.2) is 4.39 Å². The lowest BCUT2D eigenvalue weighted by atomic mass is 10.0. The molecular weight excluding hydrogens is 235 g/mol. The van der Waals surface area contributed by atoms with Crippen molar-refractivity contribution in [2.45, 2.75) is 19.4 Å². The molecule has 1 heterocycles. The van der Waals surface area contributed by atoms with Crippen LogP contribution >= 0.6 is 11.3 Å². The molecule has 1 unspecified atom stereocenters. The molecule has 2 rings (SSSR count). The second kappa shape index (κ2) is 5.40. The topological polar surface area (TPSA) is 38.0 Å². The van der Waals surface area contributed by atoms with Crippen LogP contribution < -0.4 is 11.3 Å². The first-order chi connectivity index (χ1) is 8.20. The van der Waals surface area contributed by atoms with E-state index in [2.05, 4.69) is 5.43 Å². The van der Waals surface area contributed by atoms with Crippen molar-refractivity contribution < 1.29 is 4.39 Å². The molecule has 0 aliphatic carbocycles. The highest BCUT2D eigenvalue weighted by Crippen LogP contribution is 2.25. The summed E-state index contributed by atoms with van der Waals surface area (Å²) in [5.74, 6) is 5.37. The van der Waals surface area contributed by atoms with Gasteiger partial charge in [-0.3, -0.25) is 11.3 Å². The van der Waals surface area contributed by atoms with Crippen LogP contribution in [0, 0.1) is 12.7 Å². The number of halogens is 1. The highest BCUT2D eigenvalue weighted by atomic mass is 32.1. The third kappa shape index (κ3) is 2.91. The summed E-state index contributed by atoms with van der Waals surface area (Å²) in [5, 5.41) is 0. The zero-order valence-corrected chi connectivity index (χ0v) is 10.4. The van der Waals surface area contributed by atoms with Gasteiger partial charge < -0.3 is 0 Å². The second-order valence-corrected chi connectivity index (χ2v) is 5.28. The number of nitrogens with one attached hydrogen (secondary N) is 1. The maximum Gasteiger partial charge on any atom is 0.126 e. The van der Waals surface area contributed by atoms with Gasteiger partial charge in [-0.15, -0.1) is 11.3 Å². The van der Waals surface area contributed by atoms with Gasteiger partial charge in [0.1, 0.15) is 5.82 Å². The molecule has 0 spiro atoms. The third-order valence-electron chi connectivity index (χ3n) is 2.69. The molecule has 2 nitrogen and oxygen atoms in total. The molecule has 3 N–H and O–H groups in total. The van der Waals surface area contributed by atoms with Crippen LogP contribution in [0.25, 0.3) is 0 Å². The smallest absolute Gasteiger partial charge is 0.126 e. The first kappa shape index (κ1) is 12.2. The maximum absolute atomic E-state index is 13.5. The van der Waals surface area contributed by atoms with E-state index in [0.29, 0.717) is 12.0 Å². The number of rotatable bonds is 4. The Kier molecular flexibility index (Phi) is 3.89. The SMILES string of the molecule is Cc1ccc(C(Cc2ccccc2F)NN)s1. The van der Waals surface area contributed by atoms with Gasteiger partial charge in [-0.1, -0.05) is 18.2 Å². The van der Waals surface area contributed by atoms with Gasteiger partial charge in [0, 0.05) is 9.75 Å². The number of hydrazine groups is 1. The van der Waals surface area contributed by atoms with E-state index in [1.54, 1.807) is 23.5 Å². The summed E-state index contributed by atoms with van der Waals surface area (Å²) in [6, 6.07) is 10.8. The van der Waals surface area contributed by atoms with Crippen LogP contribution in [0.5, 0.6) is 0 Å². The lowest BCUT2D eigenvalue weighted by molar-refractivity contribution is 0.535. The van der Waals surface area contributed by atoms with E-state index in [-0.39, 0.29) is 11.9 Å². The molecule has 2 aromatic rings. The highest BCUT2D eigenvalue weighted by molar-refractivity contribution is 7.12. The van der Waals surface area contributed by atoms with E-state index in [9.17, 15) is 4.39 Å². The van der Waals surface area contributed by atoms with E-state index >= 15 is 0 Å². The van der Waals surface area contributed by atoms with Crippen molar-refractivity contribution in [2.24, 2.45) is 5.84 Å². The van der Waals surface area contributed by atoms with Gasteiger partial charge in [0.2, 0.25) is 0 Å². The van der Waals surface area contributed by atoms with Gasteiger partial charge in [-0.05, 0) is 37.1 Å². The minimum atomic E-state index is -0.180. The minimum Gasteiger partial charge on any atom is -0.271 e. The van der Waals surface area contributed by atoms with Crippen molar-refractivity contribution in [3.8, 4) is 0 Å². The summed E-state index contributed by atoms with van der Waals surface area (Å²) in [7, 11) is 0. The van der Waals surface area contributed by atoms with Crippen LogP contribution in [0.4, 0.5) is 4.39 Å². The van der Waals surface area contributed by atoms with Crippen LogP contribution in [-0.2, 0) is 6.42 Å². The monoisotopic (exact) mass is 250 g/mol. The Labute approximate surface area is 104 Å². The van der Waals surface area contributed by atoms with E-state index in [4.69, 9.17) is 5.84 Å². The molecule has 0 amide bonds. The van der Waals surface area contributed by atoms with Crippen molar-refractivity contribution >= 4 is 11.3 Å². The molecule has 0 saturated carbocycles. The van der Waals surface area contributed by atoms with Crippen LogP contribution in [0.15, 0.2) is 36.4 Å². The molecule has 1 atom stereocenters. The predicted octanol–water partition coefficient (Wildman–Crippen LogP) is 2.94. The van der Waals surface area contributed by atoms with Crippen LogP contribution in [0.3, 0.4) is 0 Å². The number of hydrogen-bond acceptors (Lipinski definition) is 3. The molecule has 0 radical (unpaired) electrons. The Balaban J connectivity index is 2.18. The minimum absolute atomic E-state index is 0.0365. The fraction of sp³-hybridized carbons (Fsp3) is 0.231. The third-order valence-corrected chi connectivity index (χ3v) is 3.80. The molecule has 0 aliphatic rings. The number of aryl methyl sites for hydroxylation is 1. The lowest BCUT2D eigenvalue weighted by Gasteiger charge is -2.14. The summed E-state index contributed by atoms with van der Waals surface area (Å²) >= 11 is 1.68. The van der Waals surface area contributed by atoms with E-state index in [1.807, 2.05) is 25.1 Å². The Bertz CT molecular complexity index is 496. The quantitative estimate of drug-likeness (QED) is 0.647. The Hall–Kier alpha value is -1.23. The summed E-state index contributed by atoms with van der Waals surface area (Å²) in [6.07, 6.45) is 0.559. The number of thiophene rings is 1. The number of nitrogens with two attached hydrogens (primary N) is 1. The Morgan fingerprint density at radius 3 is 2.65 bits per heavy atom. The van der Waals surface area contributed by atoms with Gasteiger partial charge >= 0.3 is 0 Å². The van der Waals surface area contributed by atoms with E-state index in [1.165, 1.54) is 10.9 Å². The molecule has 0 fully saturated rings. The zero-order chi connectivity index (χ0) is 12.3. The Morgan fingerprint density at radius 1 is 1.29 bits per heavy atom. The van der Waals surface area contributed by atoms with E-state index < -0.39 is 0 Å². The first-order valence-electron chi connectivity index (χ1n) is 5.46. The molecule has 17 heavy (non-hydrogen) atoms. The molecule has 0 saturated heterocycles. The predicted molar refractivity (Wildman–Crippen MR) is 69.2 cm³/mol. The summed E-state index contributed by atoms with van der Waals surface area (Å²) < 4.78 is 13.5. The van der Waals surface area contributed by atoms with Gasteiger partial charge in [0.25, 0.3) is 0 Å². The highest BCUT2D eigenvalue weighted by Gasteiger charge is 2.14. The average Bonchev–Trinajstić information content (AvgIpc) is 2.75. The van der Waals surface area contributed by atoms with Crippen molar-refractivity contribution in [1.29, 1.82) is 0 Å². The fourth-order valence-corrected chi connectivity index (χ4v) is 2.70. The first-order valence-corrected chi connectivity index (χ1v) is 6.28. The van der Waals surface area contributed by atoms with Crippen LogP contribution in [0.2, 0.25) is 0 Å². The molecule has 1 aromatic heterocycles. The molecule has 0 bridgehead atoms. The molecule has 1 aromatic carbocycles. The number of hydrogen-bond donors (Lipinski definition) is 2. The zero-order valence-electron chi connectivity index (χ0n) is 9.61. The number of benzene rings is 1. The molecular formula is C13H15FN2S. The summed E-state index contributed by atoms with van der Waals surface area (Å²) in [6.45, 7) is 2.05. The van der Waals surface area contributed by atoms with Crippen LogP contribution in [-0.4, -0.2) is 0 Å². The standard InChI is InChI=1S/C13H15FN2S/c1-9-6-7-13(17-9)12(16-15)8-10-4-2-3-5-11(10)14/h2-7,12,16H,8,15H2,1H3. The molecule has 0 aliphatic heterocycles. The summed E-state index contributed by atoms with van der Waals surface area (Å²) in [5.41, 5.74) is 3.43. The Morgan fingerprint density at radius 2 is 2.06 bits per heavy atom. The lowest BCUT2D eigenvalue weighted by Crippen LogP contribution is -2.29. The second-order valence-electron chi connectivity index (χ2n) is 3.96. The summed E-state index contributed by atoms with van der Waals surface area (Å²) in [4.78, 5) is 2.36. The van der Waals surface area contributed by atoms with Gasteiger partial charge in [-0.2, -0.15) is 0 Å². The van der Waals surface area contributed by atoms with Crippen molar-refractivity contribution in [3.63, 3.8) is 0 Å². The van der Waals surface area contributed by atoms with Gasteiger partial charge in [0.15, 0.2) is 0 Å². The molecule has 4 heteroatoms. The van der Waals surface area contributed by atoms with Crippen molar-refractivity contribution in [3.05, 3.63) is 57.5 Å².